The SMILES string of the molecule is C#Cc1ccc2nc([C@@H]3C[C@H]4CC4N3C(=O)OC(C)(C)C)[nH]c2c1. The van der Waals surface area contributed by atoms with Crippen molar-refractivity contribution in [1.82, 2.24) is 14.9 Å². The molecule has 1 N–H and O–H groups in total. The molecule has 1 amide bonds. The zero-order chi connectivity index (χ0) is 17.1. The van der Waals surface area contributed by atoms with E-state index in [0.29, 0.717) is 12.0 Å². The molecule has 2 fully saturated rings. The van der Waals surface area contributed by atoms with Crippen molar-refractivity contribution in [2.45, 2.75) is 51.3 Å². The summed E-state index contributed by atoms with van der Waals surface area (Å²) in [4.78, 5) is 22.5. The number of fused-ring (bicyclic) bond motifs is 2. The molecule has 1 unspecified atom stereocenters. The molecule has 1 aromatic heterocycles. The second-order valence-corrected chi connectivity index (χ2v) is 7.70. The molecule has 5 nitrogen and oxygen atoms in total. The highest BCUT2D eigenvalue weighted by atomic mass is 16.6. The van der Waals surface area contributed by atoms with E-state index in [2.05, 4.69) is 15.9 Å². The molecule has 4 rings (SSSR count). The number of H-pyrrole nitrogens is 1. The molecule has 0 bridgehead atoms. The molecule has 0 spiro atoms. The number of piperidine rings is 1. The van der Waals surface area contributed by atoms with Crippen LogP contribution in [0.25, 0.3) is 11.0 Å². The van der Waals surface area contributed by atoms with Gasteiger partial charge >= 0.3 is 6.09 Å². The lowest BCUT2D eigenvalue weighted by Crippen LogP contribution is -2.38. The van der Waals surface area contributed by atoms with E-state index in [0.717, 1.165) is 35.3 Å². The van der Waals surface area contributed by atoms with E-state index in [1.807, 2.05) is 43.9 Å². The fourth-order valence-electron chi connectivity index (χ4n) is 3.55. The zero-order valence-electron chi connectivity index (χ0n) is 14.2. The summed E-state index contributed by atoms with van der Waals surface area (Å²) < 4.78 is 5.60. The maximum Gasteiger partial charge on any atom is 0.411 e. The van der Waals surface area contributed by atoms with Crippen molar-refractivity contribution in [3.63, 3.8) is 0 Å². The van der Waals surface area contributed by atoms with Crippen molar-refractivity contribution in [2.75, 3.05) is 0 Å². The van der Waals surface area contributed by atoms with Gasteiger partial charge in [-0.05, 0) is 57.7 Å². The molecule has 2 aromatic rings. The Morgan fingerprint density at radius 1 is 1.42 bits per heavy atom. The predicted octanol–water partition coefficient (Wildman–Crippen LogP) is 3.61. The lowest BCUT2D eigenvalue weighted by atomic mass is 10.1. The van der Waals surface area contributed by atoms with Gasteiger partial charge in [0.05, 0.1) is 17.1 Å². The summed E-state index contributed by atoms with van der Waals surface area (Å²) in [5.41, 5.74) is 2.10. The molecule has 1 aromatic carbocycles. The number of ether oxygens (including phenoxy) is 1. The van der Waals surface area contributed by atoms with Crippen LogP contribution in [-0.2, 0) is 4.74 Å². The summed E-state index contributed by atoms with van der Waals surface area (Å²) in [7, 11) is 0. The molecule has 1 saturated carbocycles. The van der Waals surface area contributed by atoms with E-state index in [4.69, 9.17) is 11.2 Å². The van der Waals surface area contributed by atoms with E-state index in [1.165, 1.54) is 0 Å². The molecule has 1 aliphatic carbocycles. The maximum absolute atomic E-state index is 12.6. The number of aromatic nitrogens is 2. The summed E-state index contributed by atoms with van der Waals surface area (Å²) in [6.07, 6.45) is 7.22. The van der Waals surface area contributed by atoms with Crippen LogP contribution < -0.4 is 0 Å². The second kappa shape index (κ2) is 5.01. The number of amides is 1. The second-order valence-electron chi connectivity index (χ2n) is 7.70. The van der Waals surface area contributed by atoms with E-state index < -0.39 is 5.60 Å². The van der Waals surface area contributed by atoms with Gasteiger partial charge in [-0.1, -0.05) is 5.92 Å². The third kappa shape index (κ3) is 2.52. The molecule has 124 valence electrons. The first-order chi connectivity index (χ1) is 11.4. The highest BCUT2D eigenvalue weighted by Crippen LogP contribution is 2.53. The first kappa shape index (κ1) is 15.1. The number of imidazole rings is 1. The average molecular weight is 323 g/mol. The average Bonchev–Trinajstić information content (AvgIpc) is 2.98. The van der Waals surface area contributed by atoms with Gasteiger partial charge in [0.15, 0.2) is 0 Å². The Morgan fingerprint density at radius 3 is 2.92 bits per heavy atom. The summed E-state index contributed by atoms with van der Waals surface area (Å²) in [6, 6.07) is 5.95. The quantitative estimate of drug-likeness (QED) is 0.816. The minimum absolute atomic E-state index is 0.0507. The first-order valence-electron chi connectivity index (χ1n) is 8.33. The van der Waals surface area contributed by atoms with Crippen molar-refractivity contribution < 1.29 is 9.53 Å². The number of nitrogens with one attached hydrogen (secondary N) is 1. The molecule has 24 heavy (non-hydrogen) atoms. The number of carbonyl (C=O) groups excluding carboxylic acids is 1. The van der Waals surface area contributed by atoms with Crippen LogP contribution >= 0.6 is 0 Å². The van der Waals surface area contributed by atoms with Crippen molar-refractivity contribution in [1.29, 1.82) is 0 Å². The van der Waals surface area contributed by atoms with Crippen molar-refractivity contribution in [2.24, 2.45) is 5.92 Å². The molecular weight excluding hydrogens is 302 g/mol. The Labute approximate surface area is 141 Å². The third-order valence-electron chi connectivity index (χ3n) is 4.69. The van der Waals surface area contributed by atoms with E-state index in [9.17, 15) is 4.79 Å². The molecule has 2 aliphatic rings. The number of likely N-dealkylation sites (tertiary alicyclic amines) is 1. The van der Waals surface area contributed by atoms with Crippen LogP contribution in [0.4, 0.5) is 4.79 Å². The smallest absolute Gasteiger partial charge is 0.411 e. The third-order valence-corrected chi connectivity index (χ3v) is 4.69. The molecule has 3 atom stereocenters. The van der Waals surface area contributed by atoms with Gasteiger partial charge in [0, 0.05) is 11.6 Å². The molecule has 5 heteroatoms. The van der Waals surface area contributed by atoms with Crippen molar-refractivity contribution in [3.8, 4) is 12.3 Å². The largest absolute Gasteiger partial charge is 0.444 e. The number of terminal acetylenes is 1. The number of hydrogen-bond acceptors (Lipinski definition) is 3. The van der Waals surface area contributed by atoms with E-state index in [1.54, 1.807) is 0 Å². The van der Waals surface area contributed by atoms with Crippen LogP contribution in [-0.4, -0.2) is 32.6 Å². The minimum atomic E-state index is -0.496. The first-order valence-corrected chi connectivity index (χ1v) is 8.33. The van der Waals surface area contributed by atoms with Crippen molar-refractivity contribution >= 4 is 17.1 Å². The number of nitrogens with zero attached hydrogens (tertiary/aromatic N) is 2. The van der Waals surface area contributed by atoms with Crippen molar-refractivity contribution in [3.05, 3.63) is 29.6 Å². The Balaban J connectivity index is 1.65. The highest BCUT2D eigenvalue weighted by Gasteiger charge is 2.56. The van der Waals surface area contributed by atoms with Crippen LogP contribution in [0.3, 0.4) is 0 Å². The normalized spacial score (nSPS) is 25.4. The fraction of sp³-hybridized carbons (Fsp3) is 0.474. The van der Waals surface area contributed by atoms with Crippen LogP contribution in [0.1, 0.15) is 51.0 Å². The van der Waals surface area contributed by atoms with Crippen LogP contribution in [0, 0.1) is 18.3 Å². The van der Waals surface area contributed by atoms with Gasteiger partial charge in [0.2, 0.25) is 0 Å². The molecule has 1 saturated heterocycles. The van der Waals surface area contributed by atoms with Crippen LogP contribution in [0.15, 0.2) is 18.2 Å². The number of hydrogen-bond donors (Lipinski definition) is 1. The van der Waals surface area contributed by atoms with E-state index in [-0.39, 0.29) is 12.1 Å². The number of rotatable bonds is 1. The molecular formula is C19H21N3O2. The Morgan fingerprint density at radius 2 is 2.21 bits per heavy atom. The molecule has 0 radical (unpaired) electrons. The van der Waals surface area contributed by atoms with Gasteiger partial charge in [0.25, 0.3) is 0 Å². The van der Waals surface area contributed by atoms with Gasteiger partial charge < -0.3 is 9.72 Å². The number of benzene rings is 1. The van der Waals surface area contributed by atoms with Gasteiger partial charge in [-0.15, -0.1) is 6.42 Å². The highest BCUT2D eigenvalue weighted by molar-refractivity contribution is 5.77. The Kier molecular flexibility index (Phi) is 3.14. The van der Waals surface area contributed by atoms with Crippen LogP contribution in [0.2, 0.25) is 0 Å². The zero-order valence-corrected chi connectivity index (χ0v) is 14.2. The maximum atomic E-state index is 12.6. The number of carbonyl (C=O) groups is 1. The summed E-state index contributed by atoms with van der Waals surface area (Å²) in [5.74, 6) is 4.02. The molecule has 2 heterocycles. The summed E-state index contributed by atoms with van der Waals surface area (Å²) in [5, 5.41) is 0. The van der Waals surface area contributed by atoms with Gasteiger partial charge in [-0.3, -0.25) is 4.90 Å². The predicted molar refractivity (Wildman–Crippen MR) is 91.4 cm³/mol. The minimum Gasteiger partial charge on any atom is -0.444 e. The summed E-state index contributed by atoms with van der Waals surface area (Å²) in [6.45, 7) is 5.68. The fourth-order valence-corrected chi connectivity index (χ4v) is 3.55. The van der Waals surface area contributed by atoms with E-state index >= 15 is 0 Å². The Bertz CT molecular complexity index is 856. The topological polar surface area (TPSA) is 58.2 Å². The number of aromatic amines is 1. The summed E-state index contributed by atoms with van der Waals surface area (Å²) >= 11 is 0. The Hall–Kier alpha value is -2.48. The molecule has 1 aliphatic heterocycles. The van der Waals surface area contributed by atoms with Gasteiger partial charge in [-0.2, -0.15) is 0 Å². The lowest BCUT2D eigenvalue weighted by molar-refractivity contribution is 0.0175. The monoisotopic (exact) mass is 323 g/mol. The standard InChI is InChI=1S/C19H21N3O2/c1-5-11-6-7-13-14(8-11)21-17(20-13)16-10-12-9-15(12)22(16)18(23)24-19(2,3)4/h1,6-8,12,15-16H,9-10H2,2-4H3,(H,20,21)/t12-,15?,16+/m1/s1. The lowest BCUT2D eigenvalue weighted by Gasteiger charge is -2.29. The van der Waals surface area contributed by atoms with Gasteiger partial charge in [0.1, 0.15) is 11.4 Å². The van der Waals surface area contributed by atoms with Crippen LogP contribution in [0.5, 0.6) is 0 Å². The van der Waals surface area contributed by atoms with Gasteiger partial charge in [-0.25, -0.2) is 9.78 Å².